The van der Waals surface area contributed by atoms with Gasteiger partial charge in [0.05, 0.1) is 12.4 Å². The monoisotopic (exact) mass is 732 g/mol. The van der Waals surface area contributed by atoms with E-state index in [0.717, 1.165) is 16.7 Å². The number of rotatable bonds is 12. The molecule has 0 aliphatic carbocycles. The van der Waals surface area contributed by atoms with Gasteiger partial charge in [-0.15, -0.1) is 13.2 Å². The first-order valence-corrected chi connectivity index (χ1v) is 18.5. The minimum absolute atomic E-state index is 0.104. The molecule has 1 heterocycles. The van der Waals surface area contributed by atoms with Gasteiger partial charge in [-0.25, -0.2) is 9.59 Å². The highest BCUT2D eigenvalue weighted by atomic mass is 35.5. The van der Waals surface area contributed by atoms with Gasteiger partial charge in [-0.1, -0.05) is 84.9 Å². The van der Waals surface area contributed by atoms with Gasteiger partial charge in [0.1, 0.15) is 11.7 Å². The zero-order chi connectivity index (χ0) is 40.2. The zero-order valence-corrected chi connectivity index (χ0v) is 34.8. The van der Waals surface area contributed by atoms with E-state index in [1.54, 1.807) is 30.4 Å². The van der Waals surface area contributed by atoms with E-state index in [0.29, 0.717) is 42.9 Å². The van der Waals surface area contributed by atoms with Crippen molar-refractivity contribution in [1.82, 2.24) is 20.9 Å². The van der Waals surface area contributed by atoms with Crippen molar-refractivity contribution >= 4 is 41.3 Å². The molecule has 3 unspecified atom stereocenters. The van der Waals surface area contributed by atoms with E-state index in [1.165, 1.54) is 11.9 Å². The van der Waals surface area contributed by atoms with E-state index in [9.17, 15) is 9.59 Å². The number of piperidine rings is 1. The van der Waals surface area contributed by atoms with E-state index >= 15 is 0 Å². The molecule has 1 aliphatic rings. The number of alkyl carbamates (subject to hydrolysis) is 1. The lowest BCUT2D eigenvalue weighted by Crippen LogP contribution is -2.40. The third kappa shape index (κ3) is 19.9. The van der Waals surface area contributed by atoms with E-state index in [4.69, 9.17) is 21.1 Å². The second kappa shape index (κ2) is 29.7. The lowest BCUT2D eigenvalue weighted by atomic mass is 9.84. The third-order valence-electron chi connectivity index (χ3n) is 6.94. The van der Waals surface area contributed by atoms with Crippen LogP contribution in [-0.4, -0.2) is 67.4 Å². The number of benzene rings is 1. The number of nitrogens with zero attached hydrogens (tertiary/aromatic N) is 2. The number of hydrogen-bond donors (Lipinski definition) is 3. The van der Waals surface area contributed by atoms with Crippen molar-refractivity contribution in [2.45, 2.75) is 126 Å². The summed E-state index contributed by atoms with van der Waals surface area (Å²) in [6.45, 7) is 38.8. The number of hydrogen-bond acceptors (Lipinski definition) is 6. The molecular weight excluding hydrogens is 662 g/mol. The van der Waals surface area contributed by atoms with Gasteiger partial charge < -0.3 is 30.3 Å². The van der Waals surface area contributed by atoms with Crippen molar-refractivity contribution in [2.75, 3.05) is 20.1 Å². The largest absolute Gasteiger partial charge is 0.447 e. The molecule has 290 valence electrons. The van der Waals surface area contributed by atoms with Crippen LogP contribution in [0.4, 0.5) is 9.59 Å². The van der Waals surface area contributed by atoms with E-state index in [-0.39, 0.29) is 18.2 Å². The highest BCUT2D eigenvalue weighted by molar-refractivity contribution is 6.30. The summed E-state index contributed by atoms with van der Waals surface area (Å²) >= 11 is 6.54. The van der Waals surface area contributed by atoms with Gasteiger partial charge in [0.25, 0.3) is 0 Å². The lowest BCUT2D eigenvalue weighted by molar-refractivity contribution is 0.0236. The van der Waals surface area contributed by atoms with E-state index < -0.39 is 17.7 Å². The van der Waals surface area contributed by atoms with Crippen LogP contribution in [-0.2, 0) is 9.47 Å². The Balaban J connectivity index is -0.00000268. The summed E-state index contributed by atoms with van der Waals surface area (Å²) in [5, 5.41) is 9.76. The first-order chi connectivity index (χ1) is 24.3. The number of ether oxygens (including phenoxy) is 2. The van der Waals surface area contributed by atoms with Crippen LogP contribution in [0.25, 0.3) is 11.1 Å². The summed E-state index contributed by atoms with van der Waals surface area (Å²) in [5.74, 6) is 0. The Hall–Kier alpha value is -3.98. The normalized spacial score (nSPS) is 13.8. The number of amides is 2. The van der Waals surface area contributed by atoms with Crippen molar-refractivity contribution in [3.05, 3.63) is 84.7 Å². The van der Waals surface area contributed by atoms with Crippen LogP contribution in [0.3, 0.4) is 0 Å². The highest BCUT2D eigenvalue weighted by Crippen LogP contribution is 2.36. The Bertz CT molecular complexity index is 1240. The van der Waals surface area contributed by atoms with E-state index in [1.807, 2.05) is 94.4 Å². The van der Waals surface area contributed by atoms with Gasteiger partial charge in [0.15, 0.2) is 0 Å². The molecule has 2 rings (SSSR count). The first-order valence-electron chi connectivity index (χ1n) is 18.2. The molecule has 0 aromatic heterocycles. The molecule has 3 atom stereocenters. The van der Waals surface area contributed by atoms with Crippen molar-refractivity contribution in [3.8, 4) is 0 Å². The van der Waals surface area contributed by atoms with Crippen molar-refractivity contribution in [3.63, 3.8) is 0 Å². The van der Waals surface area contributed by atoms with Crippen LogP contribution in [0.1, 0.15) is 113 Å². The second-order valence-electron chi connectivity index (χ2n) is 11.5. The average molecular weight is 732 g/mol. The van der Waals surface area contributed by atoms with Crippen LogP contribution in [0.5, 0.6) is 0 Å². The Kier molecular flexibility index (Phi) is 29.9. The molecule has 1 fully saturated rings. The minimum Gasteiger partial charge on any atom is -0.447 e. The highest BCUT2D eigenvalue weighted by Gasteiger charge is 2.29. The zero-order valence-electron chi connectivity index (χ0n) is 34.0. The van der Waals surface area contributed by atoms with Gasteiger partial charge in [0.2, 0.25) is 0 Å². The van der Waals surface area contributed by atoms with Crippen molar-refractivity contribution < 1.29 is 19.1 Å². The van der Waals surface area contributed by atoms with Gasteiger partial charge >= 0.3 is 12.2 Å². The van der Waals surface area contributed by atoms with Crippen molar-refractivity contribution in [1.29, 1.82) is 0 Å². The third-order valence-corrected chi connectivity index (χ3v) is 7.17. The maximum absolute atomic E-state index is 12.8. The fourth-order valence-electron chi connectivity index (χ4n) is 4.68. The number of carbonyl (C=O) groups is 2. The maximum Gasteiger partial charge on any atom is 0.410 e. The number of carbonyl (C=O) groups excluding carboxylic acids is 2. The standard InChI is InChI=1S/C33H48ClN5O4.3C2H6.C2H4/c1-10-22(3)42-31(40)38-29(14-17-36-21-35-9)23(4)28-20-26(34)12-13-27(28)30(24(5)37-11-2)25-15-18-39(19-16-25)32(41)43-33(6,7)8;4*1-2/h11-14,17,20-22,24,29,37H,2,4,10,15-16,18-19H2,1,3,5-9H3,(H,35,36)(H,38,40);3*1-2H3;1-2H2/b17-14+;;;;. The maximum atomic E-state index is 12.8. The molecule has 9 nitrogen and oxygen atoms in total. The number of nitrogens with one attached hydrogen (secondary N) is 3. The molecule has 0 saturated carbocycles. The quantitative estimate of drug-likeness (QED) is 0.112. The fourth-order valence-corrected chi connectivity index (χ4v) is 4.85. The molecular formula is C41H70ClN5O4. The van der Waals surface area contributed by atoms with Gasteiger partial charge in [-0.3, -0.25) is 4.99 Å². The van der Waals surface area contributed by atoms with Crippen LogP contribution in [0.2, 0.25) is 5.02 Å². The summed E-state index contributed by atoms with van der Waals surface area (Å²) in [5.41, 5.74) is 4.05. The lowest BCUT2D eigenvalue weighted by Gasteiger charge is -2.33. The summed E-state index contributed by atoms with van der Waals surface area (Å²) in [7, 11) is 1.66. The van der Waals surface area contributed by atoms with Gasteiger partial charge in [-0.05, 0) is 101 Å². The summed E-state index contributed by atoms with van der Waals surface area (Å²) in [4.78, 5) is 31.2. The Morgan fingerprint density at radius 1 is 1.04 bits per heavy atom. The SMILES string of the molecule is C=C.C=CNC(C)C(=C1CCN(C(=O)OC(C)(C)C)CC1)c1ccc(Cl)cc1C(=C)C(/C=C/NC=NC)NC(=O)OC(C)CC.CC.CC.CC. The summed E-state index contributed by atoms with van der Waals surface area (Å²) < 4.78 is 11.1. The first kappa shape index (κ1) is 51.4. The smallest absolute Gasteiger partial charge is 0.410 e. The molecule has 10 heteroatoms. The van der Waals surface area contributed by atoms with E-state index in [2.05, 4.69) is 54.2 Å². The number of halogens is 1. The molecule has 0 bridgehead atoms. The predicted molar refractivity (Wildman–Crippen MR) is 222 cm³/mol. The molecule has 2 amide bonds. The molecule has 3 N–H and O–H groups in total. The molecule has 1 aliphatic heterocycles. The second-order valence-corrected chi connectivity index (χ2v) is 11.9. The fraction of sp³-hybridized carbons (Fsp3) is 0.537. The average Bonchev–Trinajstić information content (AvgIpc) is 3.13. The molecule has 0 radical (unpaired) electrons. The summed E-state index contributed by atoms with van der Waals surface area (Å²) in [6, 6.07) is 4.97. The molecule has 1 aromatic rings. The summed E-state index contributed by atoms with van der Waals surface area (Å²) in [6.07, 6.45) is 7.62. The molecule has 1 saturated heterocycles. The molecule has 1 aromatic carbocycles. The van der Waals surface area contributed by atoms with Crippen LogP contribution >= 0.6 is 11.6 Å². The predicted octanol–water partition coefficient (Wildman–Crippen LogP) is 10.8. The number of aliphatic imine (C=N–C) groups is 1. The molecule has 51 heavy (non-hydrogen) atoms. The van der Waals surface area contributed by atoms with Crippen LogP contribution in [0, 0.1) is 0 Å². The topological polar surface area (TPSA) is 104 Å². The van der Waals surface area contributed by atoms with Crippen LogP contribution < -0.4 is 16.0 Å². The Morgan fingerprint density at radius 3 is 2.10 bits per heavy atom. The molecule has 0 spiro atoms. The van der Waals surface area contributed by atoms with Crippen LogP contribution in [0.15, 0.2) is 73.6 Å². The van der Waals surface area contributed by atoms with Crippen molar-refractivity contribution in [2.24, 2.45) is 4.99 Å². The van der Waals surface area contributed by atoms with Gasteiger partial charge in [0, 0.05) is 37.4 Å². The Labute approximate surface area is 316 Å². The number of likely N-dealkylation sites (tertiary alicyclic amines) is 1. The Morgan fingerprint density at radius 2 is 1.61 bits per heavy atom. The van der Waals surface area contributed by atoms with Gasteiger partial charge in [-0.2, -0.15) is 0 Å². The minimum atomic E-state index is -0.616.